The summed E-state index contributed by atoms with van der Waals surface area (Å²) in [5, 5.41) is 0. The Morgan fingerprint density at radius 2 is 1.68 bits per heavy atom. The van der Waals surface area contributed by atoms with Crippen LogP contribution in [-0.2, 0) is 0 Å². The third-order valence-electron chi connectivity index (χ3n) is 2.47. The molecule has 0 aliphatic heterocycles. The van der Waals surface area contributed by atoms with Crippen LogP contribution < -0.4 is 19.9 Å². The predicted octanol–water partition coefficient (Wildman–Crippen LogP) is 3.24. The van der Waals surface area contributed by atoms with Gasteiger partial charge in [-0.05, 0) is 28.1 Å². The Kier molecular flexibility index (Phi) is 4.11. The first kappa shape index (κ1) is 13.5. The summed E-state index contributed by atoms with van der Waals surface area (Å²) in [6.07, 6.45) is 3.12. The first-order valence-corrected chi connectivity index (χ1v) is 6.24. The van der Waals surface area contributed by atoms with Gasteiger partial charge in [0.2, 0.25) is 5.75 Å². The van der Waals surface area contributed by atoms with E-state index in [4.69, 9.17) is 19.9 Å². The maximum atomic E-state index is 5.85. The van der Waals surface area contributed by atoms with Gasteiger partial charge in [0.05, 0.1) is 30.6 Å². The molecule has 0 bridgehead atoms. The fourth-order valence-electron chi connectivity index (χ4n) is 1.57. The van der Waals surface area contributed by atoms with Gasteiger partial charge < -0.3 is 19.9 Å². The van der Waals surface area contributed by atoms with Crippen molar-refractivity contribution in [1.29, 1.82) is 0 Å². The van der Waals surface area contributed by atoms with E-state index in [1.807, 2.05) is 6.07 Å². The van der Waals surface area contributed by atoms with Gasteiger partial charge in [0, 0.05) is 6.20 Å². The Hall–Kier alpha value is -1.95. The summed E-state index contributed by atoms with van der Waals surface area (Å²) in [6, 6.07) is 5.38. The van der Waals surface area contributed by atoms with Gasteiger partial charge >= 0.3 is 0 Å². The maximum absolute atomic E-state index is 5.85. The van der Waals surface area contributed by atoms with Crippen molar-refractivity contribution < 1.29 is 14.2 Å². The third kappa shape index (κ3) is 2.73. The minimum atomic E-state index is 0.419. The summed E-state index contributed by atoms with van der Waals surface area (Å²) >= 11 is 3.35. The number of methoxy groups -OCH3 is 2. The lowest BCUT2D eigenvalue weighted by atomic mass is 10.3. The lowest BCUT2D eigenvalue weighted by Gasteiger charge is -2.15. The highest BCUT2D eigenvalue weighted by molar-refractivity contribution is 9.10. The quantitative estimate of drug-likeness (QED) is 0.935. The number of nitrogens with two attached hydrogens (primary N) is 1. The number of para-hydroxylation sites is 1. The number of hydrogen-bond donors (Lipinski definition) is 1. The van der Waals surface area contributed by atoms with Gasteiger partial charge in [0.25, 0.3) is 0 Å². The predicted molar refractivity (Wildman–Crippen MR) is 76.0 cm³/mol. The molecule has 0 saturated heterocycles. The van der Waals surface area contributed by atoms with E-state index in [2.05, 4.69) is 20.9 Å². The minimum Gasteiger partial charge on any atom is -0.493 e. The molecule has 6 heteroatoms. The normalized spacial score (nSPS) is 10.1. The topological polar surface area (TPSA) is 66.6 Å². The van der Waals surface area contributed by atoms with E-state index in [-0.39, 0.29) is 0 Å². The van der Waals surface area contributed by atoms with Crippen molar-refractivity contribution in [3.05, 3.63) is 35.1 Å². The number of halogens is 1. The highest BCUT2D eigenvalue weighted by Crippen LogP contribution is 2.43. The van der Waals surface area contributed by atoms with Crippen LogP contribution in [0.4, 0.5) is 5.69 Å². The van der Waals surface area contributed by atoms with Crippen molar-refractivity contribution in [2.24, 2.45) is 0 Å². The molecule has 2 aromatic rings. The van der Waals surface area contributed by atoms with E-state index in [0.29, 0.717) is 33.2 Å². The first-order chi connectivity index (χ1) is 9.17. The maximum Gasteiger partial charge on any atom is 0.211 e. The number of ether oxygens (including phenoxy) is 3. The monoisotopic (exact) mass is 324 g/mol. The Labute approximate surface area is 119 Å². The Balaban J connectivity index is 2.48. The molecule has 2 N–H and O–H groups in total. The van der Waals surface area contributed by atoms with Crippen LogP contribution in [0, 0.1) is 0 Å². The van der Waals surface area contributed by atoms with Crippen LogP contribution in [0.1, 0.15) is 0 Å². The molecule has 5 nitrogen and oxygen atoms in total. The second kappa shape index (κ2) is 5.79. The number of pyridine rings is 1. The Morgan fingerprint density at radius 3 is 2.21 bits per heavy atom. The van der Waals surface area contributed by atoms with Crippen LogP contribution in [0.25, 0.3) is 0 Å². The van der Waals surface area contributed by atoms with E-state index in [1.165, 1.54) is 6.20 Å². The zero-order valence-corrected chi connectivity index (χ0v) is 12.1. The van der Waals surface area contributed by atoms with E-state index >= 15 is 0 Å². The molecule has 0 atom stereocenters. The van der Waals surface area contributed by atoms with Crippen molar-refractivity contribution in [1.82, 2.24) is 4.98 Å². The number of rotatable bonds is 4. The smallest absolute Gasteiger partial charge is 0.211 e. The van der Waals surface area contributed by atoms with Gasteiger partial charge in [0.1, 0.15) is 0 Å². The van der Waals surface area contributed by atoms with Crippen molar-refractivity contribution in [3.63, 3.8) is 0 Å². The molecule has 1 heterocycles. The number of aromatic nitrogens is 1. The molecule has 0 aliphatic rings. The van der Waals surface area contributed by atoms with Crippen LogP contribution in [0.15, 0.2) is 35.1 Å². The minimum absolute atomic E-state index is 0.419. The van der Waals surface area contributed by atoms with Crippen LogP contribution in [0.2, 0.25) is 0 Å². The molecule has 2 rings (SSSR count). The van der Waals surface area contributed by atoms with Crippen LogP contribution in [-0.4, -0.2) is 19.2 Å². The largest absolute Gasteiger partial charge is 0.493 e. The van der Waals surface area contributed by atoms with Crippen molar-refractivity contribution in [3.8, 4) is 23.0 Å². The number of benzene rings is 1. The number of nitrogen functional groups attached to an aromatic ring is 1. The molecule has 1 aromatic heterocycles. The highest BCUT2D eigenvalue weighted by atomic mass is 79.9. The van der Waals surface area contributed by atoms with Crippen molar-refractivity contribution in [2.45, 2.75) is 0 Å². The SMILES string of the molecule is COc1cccc(OC)c1Oc1c(N)cncc1Br. The summed E-state index contributed by atoms with van der Waals surface area (Å²) in [5.74, 6) is 2.05. The van der Waals surface area contributed by atoms with E-state index in [9.17, 15) is 0 Å². The van der Waals surface area contributed by atoms with Crippen LogP contribution >= 0.6 is 15.9 Å². The second-order valence-electron chi connectivity index (χ2n) is 3.63. The fourth-order valence-corrected chi connectivity index (χ4v) is 1.99. The standard InChI is InChI=1S/C13H13BrN2O3/c1-17-10-4-3-5-11(18-2)13(10)19-12-8(14)6-16-7-9(12)15/h3-7H,15H2,1-2H3. The number of anilines is 1. The van der Waals surface area contributed by atoms with Gasteiger partial charge in [-0.2, -0.15) is 0 Å². The first-order valence-electron chi connectivity index (χ1n) is 5.45. The number of hydrogen-bond acceptors (Lipinski definition) is 5. The molecular formula is C13H13BrN2O3. The van der Waals surface area contributed by atoms with Crippen molar-refractivity contribution >= 4 is 21.6 Å². The lowest BCUT2D eigenvalue weighted by molar-refractivity contribution is 0.346. The molecule has 19 heavy (non-hydrogen) atoms. The molecular weight excluding hydrogens is 312 g/mol. The van der Waals surface area contributed by atoms with Crippen molar-refractivity contribution in [2.75, 3.05) is 20.0 Å². The second-order valence-corrected chi connectivity index (χ2v) is 4.49. The molecule has 0 saturated carbocycles. The molecule has 0 radical (unpaired) electrons. The van der Waals surface area contributed by atoms with Gasteiger partial charge in [-0.15, -0.1) is 0 Å². The molecule has 0 spiro atoms. The van der Waals surface area contributed by atoms with Gasteiger partial charge in [-0.25, -0.2) is 0 Å². The molecule has 0 fully saturated rings. The summed E-state index contributed by atoms with van der Waals surface area (Å²) in [4.78, 5) is 3.96. The molecule has 100 valence electrons. The highest BCUT2D eigenvalue weighted by Gasteiger charge is 2.15. The summed E-state index contributed by atoms with van der Waals surface area (Å²) in [7, 11) is 3.12. The van der Waals surface area contributed by atoms with E-state index in [1.54, 1.807) is 32.5 Å². The van der Waals surface area contributed by atoms with Gasteiger partial charge in [-0.1, -0.05) is 6.07 Å². The molecule has 0 amide bonds. The van der Waals surface area contributed by atoms with E-state index in [0.717, 1.165) is 0 Å². The molecule has 1 aromatic carbocycles. The summed E-state index contributed by atoms with van der Waals surface area (Å²) in [6.45, 7) is 0. The van der Waals surface area contributed by atoms with Crippen LogP contribution in [0.5, 0.6) is 23.0 Å². The molecule has 0 unspecified atom stereocenters. The summed E-state index contributed by atoms with van der Waals surface area (Å²) < 4.78 is 17.0. The van der Waals surface area contributed by atoms with Crippen LogP contribution in [0.3, 0.4) is 0 Å². The van der Waals surface area contributed by atoms with E-state index < -0.39 is 0 Å². The zero-order valence-electron chi connectivity index (χ0n) is 10.5. The fraction of sp³-hybridized carbons (Fsp3) is 0.154. The zero-order chi connectivity index (χ0) is 13.8. The average Bonchev–Trinajstić information content (AvgIpc) is 2.42. The molecule has 0 aliphatic carbocycles. The Morgan fingerprint density at radius 1 is 1.05 bits per heavy atom. The number of nitrogens with zero attached hydrogens (tertiary/aromatic N) is 1. The van der Waals surface area contributed by atoms with Gasteiger partial charge in [-0.3, -0.25) is 4.98 Å². The summed E-state index contributed by atoms with van der Waals surface area (Å²) in [5.41, 5.74) is 6.27. The Bertz CT molecular complexity index is 548. The average molecular weight is 325 g/mol. The third-order valence-corrected chi connectivity index (χ3v) is 3.03. The van der Waals surface area contributed by atoms with Gasteiger partial charge in [0.15, 0.2) is 17.2 Å². The lowest BCUT2D eigenvalue weighted by Crippen LogP contribution is -1.98.